The van der Waals surface area contributed by atoms with Gasteiger partial charge in [-0.2, -0.15) is 0 Å². The molecule has 6 aromatic rings. The van der Waals surface area contributed by atoms with Crippen LogP contribution < -0.4 is 10.6 Å². The molecule has 10 heteroatoms. The van der Waals surface area contributed by atoms with Crippen LogP contribution in [0.1, 0.15) is 156 Å². The summed E-state index contributed by atoms with van der Waals surface area (Å²) >= 11 is 0. The second kappa shape index (κ2) is 22.4. The maximum atomic E-state index is 13.3. The van der Waals surface area contributed by atoms with Crippen LogP contribution in [-0.2, 0) is 35.3 Å². The molecule has 0 spiro atoms. The second-order valence-corrected chi connectivity index (χ2v) is 19.1. The van der Waals surface area contributed by atoms with Gasteiger partial charge in [-0.1, -0.05) is 86.6 Å². The maximum Gasteiger partial charge on any atom is 0.307 e. The van der Waals surface area contributed by atoms with E-state index in [1.807, 2.05) is 74.5 Å². The Balaban J connectivity index is 0.000000201. The maximum absolute atomic E-state index is 13.3. The Hall–Kier alpha value is -6.68. The van der Waals surface area contributed by atoms with Gasteiger partial charge in [0.15, 0.2) is 0 Å². The number of nitrogens with zero attached hydrogens (tertiary/aromatic N) is 2. The zero-order valence-corrected chi connectivity index (χ0v) is 40.5. The van der Waals surface area contributed by atoms with E-state index in [0.717, 1.165) is 85.0 Å². The summed E-state index contributed by atoms with van der Waals surface area (Å²) in [7, 11) is 0. The standard InChI is InChI=1S/2C29H34N2O3/c2*1-4-20(3)31-24(12-8-11-21-9-6-5-7-10-21)13-14-27(31)28(32)30-23-16-19(2)15-22(17-23)25-18-26(25)29(33)34/h2*5-7,9-10,13-17,20,25-26H,4,8,11-12,18H2,1-3H3,(H,30,32)(H,33,34)/t20-,25+,26-;20-,25-,26+/m00/s1. The normalized spacial score (nSPS) is 17.9. The molecule has 2 fully saturated rings. The highest BCUT2D eigenvalue weighted by molar-refractivity contribution is 6.04. The Bertz CT molecular complexity index is 2520. The summed E-state index contributed by atoms with van der Waals surface area (Å²) in [5, 5.41) is 24.7. The van der Waals surface area contributed by atoms with Crippen molar-refractivity contribution in [2.24, 2.45) is 11.8 Å². The number of benzene rings is 4. The van der Waals surface area contributed by atoms with E-state index in [1.165, 1.54) is 22.5 Å². The van der Waals surface area contributed by atoms with E-state index >= 15 is 0 Å². The molecule has 0 unspecified atom stereocenters. The van der Waals surface area contributed by atoms with Gasteiger partial charge in [-0.05, 0) is 186 Å². The summed E-state index contributed by atoms with van der Waals surface area (Å²) in [6.07, 6.45) is 9.11. The van der Waals surface area contributed by atoms with Gasteiger partial charge in [0, 0.05) is 34.8 Å². The lowest BCUT2D eigenvalue weighted by Crippen LogP contribution is -2.20. The van der Waals surface area contributed by atoms with Gasteiger partial charge in [0.1, 0.15) is 11.4 Å². The lowest BCUT2D eigenvalue weighted by molar-refractivity contribution is -0.139. The number of carboxylic acid groups (broad SMARTS) is 2. The van der Waals surface area contributed by atoms with E-state index in [1.54, 1.807) is 0 Å². The largest absolute Gasteiger partial charge is 0.481 e. The van der Waals surface area contributed by atoms with E-state index in [-0.39, 0.29) is 47.6 Å². The summed E-state index contributed by atoms with van der Waals surface area (Å²) in [5.41, 5.74) is 11.8. The zero-order chi connectivity index (χ0) is 48.5. The Morgan fingerprint density at radius 3 is 1.26 bits per heavy atom. The third-order valence-electron chi connectivity index (χ3n) is 13.8. The molecule has 2 aliphatic rings. The van der Waals surface area contributed by atoms with Gasteiger partial charge in [0.25, 0.3) is 11.8 Å². The summed E-state index contributed by atoms with van der Waals surface area (Å²) in [6, 6.07) is 41.2. The Kier molecular flexibility index (Phi) is 16.2. The summed E-state index contributed by atoms with van der Waals surface area (Å²) < 4.78 is 4.36. The van der Waals surface area contributed by atoms with E-state index in [2.05, 4.69) is 108 Å². The van der Waals surface area contributed by atoms with Crippen LogP contribution in [0.2, 0.25) is 0 Å². The predicted molar refractivity (Wildman–Crippen MR) is 271 cm³/mol. The first kappa shape index (κ1) is 49.2. The van der Waals surface area contributed by atoms with E-state index < -0.39 is 11.9 Å². The molecule has 2 amide bonds. The molecule has 0 bridgehead atoms. The molecule has 8 rings (SSSR count). The fourth-order valence-corrected chi connectivity index (χ4v) is 9.66. The minimum Gasteiger partial charge on any atom is -0.481 e. The van der Waals surface area contributed by atoms with Crippen LogP contribution in [0, 0.1) is 25.7 Å². The predicted octanol–water partition coefficient (Wildman–Crippen LogP) is 12.8. The van der Waals surface area contributed by atoms with Crippen LogP contribution in [0.3, 0.4) is 0 Å². The van der Waals surface area contributed by atoms with Gasteiger partial charge in [-0.25, -0.2) is 0 Å². The first-order valence-electron chi connectivity index (χ1n) is 24.5. The van der Waals surface area contributed by atoms with Crippen LogP contribution in [0.5, 0.6) is 0 Å². The number of carbonyl (C=O) groups is 4. The SMILES string of the molecule is CC[C@H](C)n1c(CCCc2ccccc2)ccc1C(=O)Nc1cc(C)cc([C@@H]2C[C@H]2C(=O)O)c1.CC[C@H](C)n1c(CCCc2ccccc2)ccc1C(=O)Nc1cc(C)cc([C@H]2C[C@@H]2C(=O)O)c1. The molecule has 6 atom stereocenters. The molecule has 10 nitrogen and oxygen atoms in total. The number of carboxylic acids is 2. The Morgan fingerprint density at radius 1 is 0.544 bits per heavy atom. The van der Waals surface area contributed by atoms with Gasteiger partial charge in [0.2, 0.25) is 0 Å². The van der Waals surface area contributed by atoms with Crippen molar-refractivity contribution < 1.29 is 29.4 Å². The molecule has 4 N–H and O–H groups in total. The molecule has 0 aliphatic heterocycles. The van der Waals surface area contributed by atoms with Crippen LogP contribution in [0.15, 0.2) is 121 Å². The number of carbonyl (C=O) groups excluding carboxylic acids is 2. The lowest BCUT2D eigenvalue weighted by Gasteiger charge is -2.20. The van der Waals surface area contributed by atoms with E-state index in [9.17, 15) is 29.4 Å². The number of rotatable bonds is 20. The van der Waals surface area contributed by atoms with Crippen molar-refractivity contribution in [1.82, 2.24) is 9.13 Å². The molecule has 0 saturated heterocycles. The molecule has 0 radical (unpaired) electrons. The monoisotopic (exact) mass is 917 g/mol. The summed E-state index contributed by atoms with van der Waals surface area (Å²) in [4.78, 5) is 49.2. The number of hydrogen-bond acceptors (Lipinski definition) is 4. The van der Waals surface area contributed by atoms with Crippen LogP contribution in [-0.4, -0.2) is 43.1 Å². The van der Waals surface area contributed by atoms with Crippen molar-refractivity contribution in [3.63, 3.8) is 0 Å². The molecule has 2 aromatic heterocycles. The van der Waals surface area contributed by atoms with Gasteiger partial charge in [-0.3, -0.25) is 19.2 Å². The van der Waals surface area contributed by atoms with Gasteiger partial charge in [0.05, 0.1) is 11.8 Å². The molecular formula is C58H68N4O6. The molecule has 4 aromatic carbocycles. The van der Waals surface area contributed by atoms with Gasteiger partial charge < -0.3 is 30.0 Å². The van der Waals surface area contributed by atoms with Crippen LogP contribution in [0.4, 0.5) is 11.4 Å². The first-order valence-corrected chi connectivity index (χ1v) is 24.5. The molecule has 68 heavy (non-hydrogen) atoms. The quantitative estimate of drug-likeness (QED) is 0.0601. The fraction of sp³-hybridized carbons (Fsp3) is 0.379. The third kappa shape index (κ3) is 12.4. The van der Waals surface area contributed by atoms with Crippen molar-refractivity contribution in [3.05, 3.63) is 177 Å². The Labute approximate surface area is 401 Å². The van der Waals surface area contributed by atoms with Crippen molar-refractivity contribution in [1.29, 1.82) is 0 Å². The number of aryl methyl sites for hydroxylation is 6. The van der Waals surface area contributed by atoms with Crippen molar-refractivity contribution in [2.45, 2.75) is 130 Å². The van der Waals surface area contributed by atoms with Crippen molar-refractivity contribution in [2.75, 3.05) is 10.6 Å². The van der Waals surface area contributed by atoms with Crippen molar-refractivity contribution in [3.8, 4) is 0 Å². The number of aromatic nitrogens is 2. The second-order valence-electron chi connectivity index (χ2n) is 19.1. The van der Waals surface area contributed by atoms with E-state index in [4.69, 9.17) is 0 Å². The Morgan fingerprint density at radius 2 is 0.926 bits per heavy atom. The molecular weight excluding hydrogens is 849 g/mol. The fourth-order valence-electron chi connectivity index (χ4n) is 9.66. The van der Waals surface area contributed by atoms with Gasteiger partial charge in [-0.15, -0.1) is 0 Å². The number of nitrogens with one attached hydrogen (secondary N) is 2. The van der Waals surface area contributed by atoms with Gasteiger partial charge >= 0.3 is 11.9 Å². The zero-order valence-electron chi connectivity index (χ0n) is 40.5. The minimum absolute atomic E-state index is 0.0354. The van der Waals surface area contributed by atoms with E-state index in [0.29, 0.717) is 24.2 Å². The average Bonchev–Trinajstić information content (AvgIpc) is 4.23. The highest BCUT2D eigenvalue weighted by Crippen LogP contribution is 2.49. The first-order chi connectivity index (χ1) is 32.7. The average molecular weight is 917 g/mol. The number of aliphatic carboxylic acids is 2. The molecule has 2 heterocycles. The summed E-state index contributed by atoms with van der Waals surface area (Å²) in [5.74, 6) is -2.31. The van der Waals surface area contributed by atoms with Crippen molar-refractivity contribution >= 4 is 35.1 Å². The number of anilines is 2. The highest BCUT2D eigenvalue weighted by Gasteiger charge is 2.45. The van der Waals surface area contributed by atoms with Crippen LogP contribution in [0.25, 0.3) is 0 Å². The topological polar surface area (TPSA) is 143 Å². The smallest absolute Gasteiger partial charge is 0.307 e. The molecule has 2 aliphatic carbocycles. The molecule has 356 valence electrons. The highest BCUT2D eigenvalue weighted by atomic mass is 16.4. The third-order valence-corrected chi connectivity index (χ3v) is 13.8. The minimum atomic E-state index is -0.747. The number of amides is 2. The molecule has 2 saturated carbocycles. The number of hydrogen-bond donors (Lipinski definition) is 4. The summed E-state index contributed by atoms with van der Waals surface area (Å²) in [6.45, 7) is 12.5. The van der Waals surface area contributed by atoms with Crippen LogP contribution >= 0.6 is 0 Å². The lowest BCUT2D eigenvalue weighted by atomic mass is 10.0.